The zero-order chi connectivity index (χ0) is 27.3. The maximum Gasteiger partial charge on any atom is 0.303 e. The monoisotopic (exact) mass is 480 g/mol. The summed E-state index contributed by atoms with van der Waals surface area (Å²) in [5, 5.41) is 8.58. The average Bonchev–Trinajstić information content (AvgIpc) is 2.76. The molecule has 196 valence electrons. The summed E-state index contributed by atoms with van der Waals surface area (Å²) in [5.74, 6) is 0.474. The zero-order valence-corrected chi connectivity index (χ0v) is 23.3. The molecular weight excluding hydrogens is 431 g/mol. The van der Waals surface area contributed by atoms with Crippen LogP contribution in [0, 0.1) is 30.0 Å². The SMILES string of the molecule is C=CCC.CC(=O)OC(C)(C)C.CCCCCC(C)CC.COc1cc(N)c(C#N)c(F)c1C. The minimum Gasteiger partial charge on any atom is -0.496 e. The molecule has 0 saturated heterocycles. The van der Waals surface area contributed by atoms with Crippen molar-refractivity contribution in [2.75, 3.05) is 12.8 Å². The number of esters is 1. The number of nitrogen functional groups attached to an aromatic ring is 1. The fraction of sp³-hybridized carbons (Fsp3) is 0.643. The molecule has 5 nitrogen and oxygen atoms in total. The van der Waals surface area contributed by atoms with Crippen molar-refractivity contribution in [3.05, 3.63) is 35.7 Å². The molecule has 1 rings (SSSR count). The standard InChI is InChI=1S/C9H9FN2O.C9H20.C6H12O2.C4H8/c1-5-8(13-2)3-7(12)6(4-11)9(5)10;1-4-6-7-8-9(3)5-2;1-5(7)8-6(2,3)4;1-3-4-2/h3H,12H2,1-2H3;9H,4-8H2,1-3H3;1-4H3;3H,1,4H2,2H3. The molecule has 0 saturated carbocycles. The second-order valence-corrected chi connectivity index (χ2v) is 9.01. The van der Waals surface area contributed by atoms with Crippen molar-refractivity contribution in [2.45, 2.75) is 106 Å². The molecule has 6 heteroatoms. The molecular formula is C28H49FN2O3. The number of methoxy groups -OCH3 is 1. The van der Waals surface area contributed by atoms with Gasteiger partial charge in [-0.1, -0.05) is 65.9 Å². The topological polar surface area (TPSA) is 85.3 Å². The number of hydrogen-bond acceptors (Lipinski definition) is 5. The Balaban J connectivity index is -0.000000406. The molecule has 0 bridgehead atoms. The van der Waals surface area contributed by atoms with E-state index in [0.29, 0.717) is 11.3 Å². The number of halogens is 1. The van der Waals surface area contributed by atoms with Gasteiger partial charge < -0.3 is 15.2 Å². The van der Waals surface area contributed by atoms with Crippen LogP contribution in [0.4, 0.5) is 10.1 Å². The summed E-state index contributed by atoms with van der Waals surface area (Å²) in [6.07, 6.45) is 9.96. The Morgan fingerprint density at radius 3 is 2.12 bits per heavy atom. The summed E-state index contributed by atoms with van der Waals surface area (Å²) < 4.78 is 23.0. The Kier molecular flexibility index (Phi) is 22.3. The van der Waals surface area contributed by atoms with Gasteiger partial charge in [-0.25, -0.2) is 4.39 Å². The Morgan fingerprint density at radius 2 is 1.82 bits per heavy atom. The maximum atomic E-state index is 13.3. The molecule has 1 aromatic rings. The first-order chi connectivity index (χ1) is 15.8. The van der Waals surface area contributed by atoms with E-state index in [9.17, 15) is 9.18 Å². The van der Waals surface area contributed by atoms with Gasteiger partial charge in [-0.05, 0) is 40.0 Å². The Hall–Kier alpha value is -2.55. The van der Waals surface area contributed by atoms with Crippen LogP contribution in [-0.2, 0) is 9.53 Å². The molecule has 2 N–H and O–H groups in total. The van der Waals surface area contributed by atoms with Crippen molar-refractivity contribution >= 4 is 11.7 Å². The van der Waals surface area contributed by atoms with E-state index in [1.54, 1.807) is 6.07 Å². The third kappa shape index (κ3) is 20.1. The van der Waals surface area contributed by atoms with Gasteiger partial charge in [0.2, 0.25) is 0 Å². The van der Waals surface area contributed by atoms with Crippen LogP contribution in [0.1, 0.15) is 105 Å². The lowest BCUT2D eigenvalue weighted by atomic mass is 10.0. The van der Waals surface area contributed by atoms with E-state index in [-0.39, 0.29) is 22.8 Å². The number of allylic oxidation sites excluding steroid dienone is 1. The van der Waals surface area contributed by atoms with Crippen LogP contribution in [0.2, 0.25) is 0 Å². The minimum atomic E-state index is -0.612. The number of anilines is 1. The molecule has 0 aliphatic heterocycles. The molecule has 0 aromatic heterocycles. The number of carbonyl (C=O) groups excluding carboxylic acids is 1. The van der Waals surface area contributed by atoms with Gasteiger partial charge in [-0.2, -0.15) is 5.26 Å². The van der Waals surface area contributed by atoms with Crippen LogP contribution in [0.15, 0.2) is 18.7 Å². The largest absolute Gasteiger partial charge is 0.496 e. The first-order valence-corrected chi connectivity index (χ1v) is 12.1. The van der Waals surface area contributed by atoms with Crippen molar-refractivity contribution < 1.29 is 18.7 Å². The van der Waals surface area contributed by atoms with E-state index >= 15 is 0 Å². The lowest BCUT2D eigenvalue weighted by Crippen LogP contribution is -2.21. The van der Waals surface area contributed by atoms with E-state index in [1.165, 1.54) is 59.1 Å². The van der Waals surface area contributed by atoms with Gasteiger partial charge in [0, 0.05) is 18.6 Å². The van der Waals surface area contributed by atoms with Gasteiger partial charge >= 0.3 is 5.97 Å². The summed E-state index contributed by atoms with van der Waals surface area (Å²) in [6, 6.07) is 3.14. The Morgan fingerprint density at radius 1 is 1.29 bits per heavy atom. The van der Waals surface area contributed by atoms with Gasteiger partial charge in [0.25, 0.3) is 0 Å². The number of ether oxygens (including phenoxy) is 2. The third-order valence-corrected chi connectivity index (χ3v) is 4.56. The Bertz CT molecular complexity index is 734. The van der Waals surface area contributed by atoms with E-state index in [0.717, 1.165) is 12.3 Å². The molecule has 0 heterocycles. The second-order valence-electron chi connectivity index (χ2n) is 9.01. The molecule has 34 heavy (non-hydrogen) atoms. The number of unbranched alkanes of at least 4 members (excludes halogenated alkanes) is 2. The van der Waals surface area contributed by atoms with E-state index < -0.39 is 5.82 Å². The van der Waals surface area contributed by atoms with E-state index in [1.807, 2.05) is 26.8 Å². The predicted octanol–water partition coefficient (Wildman–Crippen LogP) is 8.14. The lowest BCUT2D eigenvalue weighted by molar-refractivity contribution is -0.151. The summed E-state index contributed by atoms with van der Waals surface area (Å²) >= 11 is 0. The molecule has 1 aromatic carbocycles. The summed E-state index contributed by atoms with van der Waals surface area (Å²) in [6.45, 7) is 20.9. The van der Waals surface area contributed by atoms with Crippen molar-refractivity contribution in [3.63, 3.8) is 0 Å². The molecule has 0 aliphatic carbocycles. The van der Waals surface area contributed by atoms with Crippen molar-refractivity contribution in [1.82, 2.24) is 0 Å². The smallest absolute Gasteiger partial charge is 0.303 e. The van der Waals surface area contributed by atoms with Crippen LogP contribution in [0.25, 0.3) is 0 Å². The molecule has 0 fully saturated rings. The predicted molar refractivity (Wildman–Crippen MR) is 142 cm³/mol. The third-order valence-electron chi connectivity index (χ3n) is 4.56. The first-order valence-electron chi connectivity index (χ1n) is 12.1. The first kappa shape index (κ1) is 36.0. The molecule has 0 spiro atoms. The zero-order valence-electron chi connectivity index (χ0n) is 23.3. The van der Waals surface area contributed by atoms with Gasteiger partial charge in [-0.3, -0.25) is 4.79 Å². The quantitative estimate of drug-likeness (QED) is 0.184. The van der Waals surface area contributed by atoms with Crippen LogP contribution >= 0.6 is 0 Å². The molecule has 0 radical (unpaired) electrons. The van der Waals surface area contributed by atoms with Crippen LogP contribution in [-0.4, -0.2) is 18.7 Å². The number of hydrogen-bond donors (Lipinski definition) is 1. The molecule has 1 unspecified atom stereocenters. The molecule has 1 atom stereocenters. The number of nitriles is 1. The van der Waals surface area contributed by atoms with Crippen LogP contribution < -0.4 is 10.5 Å². The van der Waals surface area contributed by atoms with Crippen molar-refractivity contribution in [2.24, 2.45) is 5.92 Å². The van der Waals surface area contributed by atoms with Gasteiger partial charge in [-0.15, -0.1) is 6.58 Å². The highest BCUT2D eigenvalue weighted by atomic mass is 19.1. The highest BCUT2D eigenvalue weighted by Crippen LogP contribution is 2.27. The van der Waals surface area contributed by atoms with Crippen molar-refractivity contribution in [1.29, 1.82) is 5.26 Å². The maximum absolute atomic E-state index is 13.3. The minimum absolute atomic E-state index is 0.0995. The summed E-state index contributed by atoms with van der Waals surface area (Å²) in [7, 11) is 1.42. The number of benzene rings is 1. The van der Waals surface area contributed by atoms with Crippen LogP contribution in [0.5, 0.6) is 5.75 Å². The number of rotatable bonds is 7. The lowest BCUT2D eigenvalue weighted by Gasteiger charge is -2.17. The molecule has 0 amide bonds. The van der Waals surface area contributed by atoms with Crippen molar-refractivity contribution in [3.8, 4) is 11.8 Å². The van der Waals surface area contributed by atoms with Gasteiger partial charge in [0.05, 0.1) is 12.8 Å². The highest BCUT2D eigenvalue weighted by molar-refractivity contribution is 5.66. The van der Waals surface area contributed by atoms with Gasteiger partial charge in [0.15, 0.2) is 0 Å². The van der Waals surface area contributed by atoms with Crippen LogP contribution in [0.3, 0.4) is 0 Å². The van der Waals surface area contributed by atoms with Gasteiger partial charge in [0.1, 0.15) is 28.8 Å². The van der Waals surface area contributed by atoms with E-state index in [4.69, 9.17) is 20.5 Å². The normalized spacial score (nSPS) is 10.5. The number of carbonyl (C=O) groups is 1. The molecule has 0 aliphatic rings. The number of nitrogens with zero attached hydrogens (tertiary/aromatic N) is 1. The summed E-state index contributed by atoms with van der Waals surface area (Å²) in [5.41, 5.74) is 5.38. The fourth-order valence-corrected chi connectivity index (χ4v) is 2.45. The van der Waals surface area contributed by atoms with E-state index in [2.05, 4.69) is 34.3 Å². The number of nitrogens with two attached hydrogens (primary N) is 1. The fourth-order valence-electron chi connectivity index (χ4n) is 2.45. The average molecular weight is 481 g/mol. The second kappa shape index (κ2) is 21.0. The highest BCUT2D eigenvalue weighted by Gasteiger charge is 2.13. The summed E-state index contributed by atoms with van der Waals surface area (Å²) in [4.78, 5) is 10.2. The Labute approximate surface area is 208 Å².